The first-order chi connectivity index (χ1) is 24.8. The summed E-state index contributed by atoms with van der Waals surface area (Å²) in [5.74, 6) is 0. The zero-order valence-electron chi connectivity index (χ0n) is 26.8. The third-order valence-corrected chi connectivity index (χ3v) is 11.2. The van der Waals surface area contributed by atoms with Gasteiger partial charge in [0.05, 0.1) is 16.8 Å². The lowest BCUT2D eigenvalue weighted by Gasteiger charge is -2.27. The maximum atomic E-state index is 6.71. The van der Waals surface area contributed by atoms with Crippen LogP contribution >= 0.6 is 11.3 Å². The topological polar surface area (TPSA) is 29.5 Å². The summed E-state index contributed by atoms with van der Waals surface area (Å²) in [7, 11) is 0. The zero-order chi connectivity index (χ0) is 32.8. The van der Waals surface area contributed by atoms with Crippen molar-refractivity contribution in [3.8, 4) is 11.1 Å². The second-order valence-electron chi connectivity index (χ2n) is 12.8. The van der Waals surface area contributed by atoms with E-state index in [1.54, 1.807) is 0 Å². The van der Waals surface area contributed by atoms with Crippen molar-refractivity contribution in [2.24, 2.45) is 0 Å². The normalized spacial score (nSPS) is 12.0. The molecule has 0 unspecified atom stereocenters. The van der Waals surface area contributed by atoms with Crippen LogP contribution in [0.3, 0.4) is 0 Å². The SMILES string of the molecule is c1ccc2c(c1)ccc1c3cccc(-c4ccc(N(c5cccc6oc7ccccc7c56)c5cccc6sc7ccccc7c56)cc4)c3oc21. The Labute approximate surface area is 290 Å². The van der Waals surface area contributed by atoms with Gasteiger partial charge in [-0.25, -0.2) is 0 Å². The molecular formula is C46H27NO2S. The third-order valence-electron chi connectivity index (χ3n) is 10.1. The number of rotatable bonds is 4. The Morgan fingerprint density at radius 2 is 1.06 bits per heavy atom. The summed E-state index contributed by atoms with van der Waals surface area (Å²) in [6.07, 6.45) is 0. The van der Waals surface area contributed by atoms with Gasteiger partial charge in [0.1, 0.15) is 22.3 Å². The van der Waals surface area contributed by atoms with Crippen LogP contribution in [0, 0.1) is 0 Å². The second kappa shape index (κ2) is 10.6. The van der Waals surface area contributed by atoms with Gasteiger partial charge in [0.2, 0.25) is 0 Å². The van der Waals surface area contributed by atoms with Crippen molar-refractivity contribution >= 4 is 103 Å². The van der Waals surface area contributed by atoms with Crippen LogP contribution in [0.15, 0.2) is 173 Å². The lowest BCUT2D eigenvalue weighted by Crippen LogP contribution is -2.10. The summed E-state index contributed by atoms with van der Waals surface area (Å²) < 4.78 is 15.6. The summed E-state index contributed by atoms with van der Waals surface area (Å²) in [6.45, 7) is 0. The lowest BCUT2D eigenvalue weighted by atomic mass is 10.0. The van der Waals surface area contributed by atoms with E-state index in [0.717, 1.165) is 77.5 Å². The Balaban J connectivity index is 1.14. The first-order valence-corrected chi connectivity index (χ1v) is 17.7. The van der Waals surface area contributed by atoms with Gasteiger partial charge in [0, 0.05) is 53.0 Å². The molecule has 3 aromatic heterocycles. The molecule has 0 aliphatic rings. The number of hydrogen-bond donors (Lipinski definition) is 0. The average molecular weight is 658 g/mol. The van der Waals surface area contributed by atoms with Crippen molar-refractivity contribution < 1.29 is 8.83 Å². The molecule has 0 spiro atoms. The molecule has 0 fully saturated rings. The van der Waals surface area contributed by atoms with Gasteiger partial charge in [-0.05, 0) is 65.5 Å². The number of nitrogens with zero attached hydrogens (tertiary/aromatic N) is 1. The first kappa shape index (κ1) is 27.6. The van der Waals surface area contributed by atoms with Gasteiger partial charge >= 0.3 is 0 Å². The van der Waals surface area contributed by atoms with Gasteiger partial charge in [0.25, 0.3) is 0 Å². The van der Waals surface area contributed by atoms with E-state index in [0.29, 0.717) is 0 Å². The predicted molar refractivity (Wildman–Crippen MR) is 212 cm³/mol. The Hall–Kier alpha value is -6.36. The highest BCUT2D eigenvalue weighted by molar-refractivity contribution is 7.26. The van der Waals surface area contributed by atoms with Crippen LogP contribution in [-0.2, 0) is 0 Å². The molecule has 0 saturated heterocycles. The van der Waals surface area contributed by atoms with Crippen molar-refractivity contribution in [3.05, 3.63) is 164 Å². The molecule has 0 atom stereocenters. The molecule has 50 heavy (non-hydrogen) atoms. The number of anilines is 3. The lowest BCUT2D eigenvalue weighted by molar-refractivity contribution is 0.669. The number of benzene rings is 8. The molecule has 3 heterocycles. The zero-order valence-corrected chi connectivity index (χ0v) is 27.6. The number of hydrogen-bond acceptors (Lipinski definition) is 4. The molecule has 4 heteroatoms. The summed E-state index contributed by atoms with van der Waals surface area (Å²) in [6, 6.07) is 58.2. The summed E-state index contributed by atoms with van der Waals surface area (Å²) in [4.78, 5) is 2.41. The summed E-state index contributed by atoms with van der Waals surface area (Å²) >= 11 is 1.84. The highest BCUT2D eigenvalue weighted by Gasteiger charge is 2.23. The van der Waals surface area contributed by atoms with Gasteiger partial charge in [-0.15, -0.1) is 11.3 Å². The van der Waals surface area contributed by atoms with Crippen molar-refractivity contribution in [3.63, 3.8) is 0 Å². The van der Waals surface area contributed by atoms with E-state index in [1.807, 2.05) is 23.5 Å². The van der Waals surface area contributed by atoms with Gasteiger partial charge in [-0.2, -0.15) is 0 Å². The van der Waals surface area contributed by atoms with Crippen molar-refractivity contribution in [1.82, 2.24) is 0 Å². The van der Waals surface area contributed by atoms with Crippen LogP contribution in [0.2, 0.25) is 0 Å². The maximum Gasteiger partial charge on any atom is 0.143 e. The predicted octanol–water partition coefficient (Wildman–Crippen LogP) is 14.1. The number of thiophene rings is 1. The van der Waals surface area contributed by atoms with Crippen LogP contribution in [0.25, 0.3) is 85.9 Å². The third kappa shape index (κ3) is 3.97. The molecule has 8 aromatic carbocycles. The van der Waals surface area contributed by atoms with Gasteiger partial charge < -0.3 is 13.7 Å². The number of fused-ring (bicyclic) bond motifs is 11. The fourth-order valence-corrected chi connectivity index (χ4v) is 8.96. The van der Waals surface area contributed by atoms with E-state index in [2.05, 4.69) is 157 Å². The largest absolute Gasteiger partial charge is 0.456 e. The van der Waals surface area contributed by atoms with Crippen LogP contribution < -0.4 is 4.90 Å². The van der Waals surface area contributed by atoms with E-state index in [9.17, 15) is 0 Å². The maximum absolute atomic E-state index is 6.71. The molecular weight excluding hydrogens is 631 g/mol. The van der Waals surface area contributed by atoms with E-state index in [-0.39, 0.29) is 0 Å². The van der Waals surface area contributed by atoms with Crippen LogP contribution in [0.5, 0.6) is 0 Å². The Morgan fingerprint density at radius 3 is 1.96 bits per heavy atom. The average Bonchev–Trinajstić information content (AvgIpc) is 3.87. The van der Waals surface area contributed by atoms with E-state index in [1.165, 1.54) is 25.6 Å². The van der Waals surface area contributed by atoms with Crippen LogP contribution in [0.1, 0.15) is 0 Å². The molecule has 11 aromatic rings. The molecule has 0 radical (unpaired) electrons. The molecule has 3 nitrogen and oxygen atoms in total. The first-order valence-electron chi connectivity index (χ1n) is 16.8. The van der Waals surface area contributed by atoms with Gasteiger partial charge in [-0.3, -0.25) is 0 Å². The van der Waals surface area contributed by atoms with Crippen LogP contribution in [-0.4, -0.2) is 0 Å². The molecule has 0 aliphatic carbocycles. The molecule has 0 aliphatic heterocycles. The standard InChI is InChI=1S/C46H27NO2S/c1-2-11-31-28(10-1)24-27-34-33-15-7-14-32(45(33)49-46(31)34)29-22-25-30(26-23-29)47(37-16-8-19-40-43(37)35-12-3-5-18-39(35)48-40)38-17-9-21-42-44(38)36-13-4-6-20-41(36)50-42/h1-27H. The fraction of sp³-hybridized carbons (Fsp3) is 0. The minimum atomic E-state index is 0.872. The van der Waals surface area contributed by atoms with Crippen molar-refractivity contribution in [2.75, 3.05) is 4.90 Å². The second-order valence-corrected chi connectivity index (χ2v) is 13.9. The highest BCUT2D eigenvalue weighted by Crippen LogP contribution is 2.48. The molecule has 0 saturated carbocycles. The Bertz CT molecular complexity index is 2990. The fourth-order valence-electron chi connectivity index (χ4n) is 7.84. The van der Waals surface area contributed by atoms with Gasteiger partial charge in [-0.1, -0.05) is 109 Å². The molecule has 234 valence electrons. The molecule has 0 bridgehead atoms. The Kier molecular flexibility index (Phi) is 5.83. The van der Waals surface area contributed by atoms with E-state index in [4.69, 9.17) is 8.83 Å². The number of furan rings is 2. The minimum absolute atomic E-state index is 0.872. The summed E-state index contributed by atoms with van der Waals surface area (Å²) in [5.41, 5.74) is 9.07. The number of para-hydroxylation sites is 2. The molecule has 0 amide bonds. The van der Waals surface area contributed by atoms with Crippen LogP contribution in [0.4, 0.5) is 17.1 Å². The summed E-state index contributed by atoms with van der Waals surface area (Å²) in [5, 5.41) is 9.30. The molecule has 0 N–H and O–H groups in total. The smallest absolute Gasteiger partial charge is 0.143 e. The highest BCUT2D eigenvalue weighted by atomic mass is 32.1. The van der Waals surface area contributed by atoms with Gasteiger partial charge in [0.15, 0.2) is 0 Å². The minimum Gasteiger partial charge on any atom is -0.456 e. The van der Waals surface area contributed by atoms with E-state index < -0.39 is 0 Å². The van der Waals surface area contributed by atoms with Crippen molar-refractivity contribution in [1.29, 1.82) is 0 Å². The quantitative estimate of drug-likeness (QED) is 0.189. The Morgan fingerprint density at radius 1 is 0.400 bits per heavy atom. The molecule has 11 rings (SSSR count). The monoisotopic (exact) mass is 657 g/mol. The van der Waals surface area contributed by atoms with E-state index >= 15 is 0 Å². The van der Waals surface area contributed by atoms with Crippen molar-refractivity contribution in [2.45, 2.75) is 0 Å².